The number of anilines is 1. The molecular formula is C35H39N3O2. The maximum atomic E-state index is 13.4. The first-order valence-electron chi connectivity index (χ1n) is 14.1. The predicted molar refractivity (Wildman–Crippen MR) is 163 cm³/mol. The summed E-state index contributed by atoms with van der Waals surface area (Å²) in [4.78, 5) is 13.4. The predicted octanol–water partition coefficient (Wildman–Crippen LogP) is 6.32. The van der Waals surface area contributed by atoms with Gasteiger partial charge in [0, 0.05) is 17.8 Å². The molecule has 0 radical (unpaired) electrons. The molecule has 5 rings (SSSR count). The lowest BCUT2D eigenvalue weighted by molar-refractivity contribution is -0.123. The quantitative estimate of drug-likeness (QED) is 0.235. The molecule has 5 nitrogen and oxygen atoms in total. The number of fused-ring (bicyclic) bond motifs is 1. The van der Waals surface area contributed by atoms with Gasteiger partial charge in [-0.05, 0) is 91.6 Å². The lowest BCUT2D eigenvalue weighted by Gasteiger charge is -2.31. The van der Waals surface area contributed by atoms with Gasteiger partial charge in [-0.25, -0.2) is 0 Å². The van der Waals surface area contributed by atoms with E-state index in [0.29, 0.717) is 13.0 Å². The number of aryl methyl sites for hydroxylation is 3. The third-order valence-corrected chi connectivity index (χ3v) is 7.73. The minimum atomic E-state index is -0.619. The van der Waals surface area contributed by atoms with Crippen LogP contribution in [0.15, 0.2) is 84.9 Å². The molecule has 4 N–H and O–H groups in total. The van der Waals surface area contributed by atoms with E-state index < -0.39 is 6.04 Å². The lowest BCUT2D eigenvalue weighted by Crippen LogP contribution is -2.45. The van der Waals surface area contributed by atoms with Gasteiger partial charge in [-0.3, -0.25) is 4.79 Å². The maximum Gasteiger partial charge on any atom is 0.237 e. The van der Waals surface area contributed by atoms with Crippen molar-refractivity contribution in [2.75, 3.05) is 11.9 Å². The van der Waals surface area contributed by atoms with Crippen molar-refractivity contribution in [1.82, 2.24) is 5.32 Å². The summed E-state index contributed by atoms with van der Waals surface area (Å²) in [5.74, 6) is 0.714. The van der Waals surface area contributed by atoms with E-state index >= 15 is 0 Å². The SMILES string of the molecule is Cc1cc(C)c(C[C@H](N)C(=O)N[C@@H]2CCNc3c(COc4ccccc4)cc(Cc4ccccc4)cc32)c(C)c1. The van der Waals surface area contributed by atoms with Crippen molar-refractivity contribution < 1.29 is 9.53 Å². The molecule has 1 heterocycles. The molecule has 0 aliphatic carbocycles. The summed E-state index contributed by atoms with van der Waals surface area (Å²) in [6, 6.07) is 28.3. The van der Waals surface area contributed by atoms with Crippen molar-refractivity contribution >= 4 is 11.6 Å². The number of para-hydroxylation sites is 1. The summed E-state index contributed by atoms with van der Waals surface area (Å²) in [6.07, 6.45) is 2.12. The minimum Gasteiger partial charge on any atom is -0.489 e. The van der Waals surface area contributed by atoms with Gasteiger partial charge in [-0.1, -0.05) is 72.3 Å². The highest BCUT2D eigenvalue weighted by atomic mass is 16.5. The third-order valence-electron chi connectivity index (χ3n) is 7.73. The standard InChI is InChI=1S/C35H39N3O2/c1-23-16-24(2)30(25(3)17-23)21-32(36)35(39)38-33-14-15-37-34-28(22-40-29-12-8-5-9-13-29)19-27(20-31(33)34)18-26-10-6-4-7-11-26/h4-13,16-17,19-20,32-33,37H,14-15,18,21-22,36H2,1-3H3,(H,38,39)/t32-,33+/m0/s1. The monoisotopic (exact) mass is 533 g/mol. The van der Waals surface area contributed by atoms with Crippen LogP contribution in [0.1, 0.15) is 57.0 Å². The molecule has 4 aromatic carbocycles. The van der Waals surface area contributed by atoms with Crippen LogP contribution in [0.2, 0.25) is 0 Å². The van der Waals surface area contributed by atoms with E-state index in [2.05, 4.69) is 79.9 Å². The van der Waals surface area contributed by atoms with Gasteiger partial charge in [0.1, 0.15) is 12.4 Å². The molecular weight excluding hydrogens is 494 g/mol. The maximum absolute atomic E-state index is 13.4. The zero-order valence-corrected chi connectivity index (χ0v) is 23.7. The number of nitrogens with one attached hydrogen (secondary N) is 2. The van der Waals surface area contributed by atoms with Crippen molar-refractivity contribution in [3.8, 4) is 5.75 Å². The van der Waals surface area contributed by atoms with E-state index in [1.807, 2.05) is 36.4 Å². The van der Waals surface area contributed by atoms with Crippen LogP contribution < -0.4 is 21.1 Å². The number of carbonyl (C=O) groups is 1. The summed E-state index contributed by atoms with van der Waals surface area (Å²) >= 11 is 0. The second kappa shape index (κ2) is 12.4. The number of rotatable bonds is 9. The Kier molecular flexibility index (Phi) is 8.51. The Morgan fingerprint density at radius 1 is 0.950 bits per heavy atom. The summed E-state index contributed by atoms with van der Waals surface area (Å²) < 4.78 is 6.17. The highest BCUT2D eigenvalue weighted by Gasteiger charge is 2.27. The second-order valence-electron chi connectivity index (χ2n) is 10.9. The number of hydrogen-bond acceptors (Lipinski definition) is 4. The normalized spacial score (nSPS) is 15.1. The molecule has 1 amide bonds. The van der Waals surface area contributed by atoms with E-state index in [0.717, 1.165) is 47.5 Å². The molecule has 0 unspecified atom stereocenters. The molecule has 5 heteroatoms. The van der Waals surface area contributed by atoms with Gasteiger partial charge in [0.15, 0.2) is 0 Å². The molecule has 0 saturated heterocycles. The van der Waals surface area contributed by atoms with Gasteiger partial charge in [0.05, 0.1) is 12.1 Å². The number of amides is 1. The zero-order valence-electron chi connectivity index (χ0n) is 23.7. The number of nitrogens with two attached hydrogens (primary N) is 1. The Balaban J connectivity index is 1.39. The van der Waals surface area contributed by atoms with Crippen LogP contribution in [0.25, 0.3) is 0 Å². The van der Waals surface area contributed by atoms with Crippen LogP contribution in [0, 0.1) is 20.8 Å². The first kappa shape index (κ1) is 27.5. The van der Waals surface area contributed by atoms with Gasteiger partial charge in [-0.2, -0.15) is 0 Å². The average molecular weight is 534 g/mol. The van der Waals surface area contributed by atoms with Crippen molar-refractivity contribution in [3.63, 3.8) is 0 Å². The summed E-state index contributed by atoms with van der Waals surface area (Å²) in [6.45, 7) is 7.48. The van der Waals surface area contributed by atoms with Crippen molar-refractivity contribution in [1.29, 1.82) is 0 Å². The van der Waals surface area contributed by atoms with Crippen LogP contribution in [-0.2, 0) is 24.2 Å². The van der Waals surface area contributed by atoms with Gasteiger partial charge in [-0.15, -0.1) is 0 Å². The highest BCUT2D eigenvalue weighted by Crippen LogP contribution is 2.35. The zero-order chi connectivity index (χ0) is 28.1. The molecule has 40 heavy (non-hydrogen) atoms. The molecule has 0 bridgehead atoms. The molecule has 2 atom stereocenters. The van der Waals surface area contributed by atoms with Crippen molar-refractivity contribution in [3.05, 3.63) is 129 Å². The topological polar surface area (TPSA) is 76.4 Å². The smallest absolute Gasteiger partial charge is 0.237 e. The van der Waals surface area contributed by atoms with E-state index in [1.165, 1.54) is 27.8 Å². The van der Waals surface area contributed by atoms with E-state index in [1.54, 1.807) is 0 Å². The van der Waals surface area contributed by atoms with Crippen LogP contribution >= 0.6 is 0 Å². The second-order valence-corrected chi connectivity index (χ2v) is 10.9. The van der Waals surface area contributed by atoms with E-state index in [4.69, 9.17) is 10.5 Å². The molecule has 1 aliphatic rings. The van der Waals surface area contributed by atoms with Crippen molar-refractivity contribution in [2.24, 2.45) is 5.73 Å². The van der Waals surface area contributed by atoms with Gasteiger partial charge in [0.25, 0.3) is 0 Å². The van der Waals surface area contributed by atoms with Gasteiger partial charge < -0.3 is 21.1 Å². The number of benzene rings is 4. The summed E-state index contributed by atoms with van der Waals surface area (Å²) in [7, 11) is 0. The van der Waals surface area contributed by atoms with Crippen LogP contribution in [-0.4, -0.2) is 18.5 Å². The Bertz CT molecular complexity index is 1440. The first-order valence-corrected chi connectivity index (χ1v) is 14.1. The Labute approximate surface area is 237 Å². The van der Waals surface area contributed by atoms with Gasteiger partial charge >= 0.3 is 0 Å². The molecule has 1 aliphatic heterocycles. The molecule has 0 spiro atoms. The highest BCUT2D eigenvalue weighted by molar-refractivity contribution is 5.83. The average Bonchev–Trinajstić information content (AvgIpc) is 2.95. The first-order chi connectivity index (χ1) is 19.4. The molecule has 206 valence electrons. The number of ether oxygens (including phenoxy) is 1. The molecule has 4 aromatic rings. The van der Waals surface area contributed by atoms with Crippen LogP contribution in [0.4, 0.5) is 5.69 Å². The minimum absolute atomic E-state index is 0.118. The summed E-state index contributed by atoms with van der Waals surface area (Å²) in [5.41, 5.74) is 16.9. The number of carbonyl (C=O) groups excluding carboxylic acids is 1. The Morgan fingerprint density at radius 2 is 1.62 bits per heavy atom. The van der Waals surface area contributed by atoms with E-state index in [-0.39, 0.29) is 11.9 Å². The van der Waals surface area contributed by atoms with Crippen LogP contribution in [0.5, 0.6) is 5.75 Å². The Morgan fingerprint density at radius 3 is 2.33 bits per heavy atom. The fourth-order valence-electron chi connectivity index (χ4n) is 5.78. The van der Waals surface area contributed by atoms with Gasteiger partial charge in [0.2, 0.25) is 5.91 Å². The molecule has 0 saturated carbocycles. The fraction of sp³-hybridized carbons (Fsp3) is 0.286. The molecule has 0 fully saturated rings. The largest absolute Gasteiger partial charge is 0.489 e. The lowest BCUT2D eigenvalue weighted by atomic mass is 9.90. The Hall–Kier alpha value is -4.09. The van der Waals surface area contributed by atoms with Crippen LogP contribution in [0.3, 0.4) is 0 Å². The number of hydrogen-bond donors (Lipinski definition) is 3. The van der Waals surface area contributed by atoms with Crippen molar-refractivity contribution in [2.45, 2.75) is 58.7 Å². The summed E-state index contributed by atoms with van der Waals surface area (Å²) in [5, 5.41) is 6.88. The van der Waals surface area contributed by atoms with E-state index in [9.17, 15) is 4.79 Å². The molecule has 0 aromatic heterocycles. The third kappa shape index (κ3) is 6.54. The fourth-order valence-corrected chi connectivity index (χ4v) is 5.78.